The van der Waals surface area contributed by atoms with E-state index >= 15 is 0 Å². The van der Waals surface area contributed by atoms with Crippen molar-refractivity contribution >= 4 is 11.3 Å². The first kappa shape index (κ1) is 12.9. The quantitative estimate of drug-likeness (QED) is 0.922. The number of methoxy groups -OCH3 is 2. The van der Waals surface area contributed by atoms with Crippen LogP contribution < -0.4 is 15.2 Å². The molecule has 0 aliphatic rings. The standard InChI is InChI=1S/C13H16N2O2S/c1-8-15-9(7-18-8)13(14)12-10(16-2)5-4-6-11(12)17-3/h4-7,13H,14H2,1-3H3. The van der Waals surface area contributed by atoms with E-state index in [4.69, 9.17) is 15.2 Å². The van der Waals surface area contributed by atoms with Crippen molar-refractivity contribution in [2.45, 2.75) is 13.0 Å². The molecule has 2 rings (SSSR count). The first-order chi connectivity index (χ1) is 8.67. The summed E-state index contributed by atoms with van der Waals surface area (Å²) in [7, 11) is 3.24. The Labute approximate surface area is 110 Å². The highest BCUT2D eigenvalue weighted by molar-refractivity contribution is 7.09. The Hall–Kier alpha value is -1.59. The Balaban J connectivity index is 2.48. The van der Waals surface area contributed by atoms with Gasteiger partial charge in [0.15, 0.2) is 0 Å². The summed E-state index contributed by atoms with van der Waals surface area (Å²) in [5.74, 6) is 1.43. The Morgan fingerprint density at radius 1 is 1.22 bits per heavy atom. The maximum absolute atomic E-state index is 6.27. The highest BCUT2D eigenvalue weighted by atomic mass is 32.1. The van der Waals surface area contributed by atoms with Gasteiger partial charge in [0.2, 0.25) is 0 Å². The van der Waals surface area contributed by atoms with Gasteiger partial charge in [0.1, 0.15) is 11.5 Å². The molecule has 0 saturated heterocycles. The lowest BCUT2D eigenvalue weighted by Gasteiger charge is -2.17. The Morgan fingerprint density at radius 3 is 2.28 bits per heavy atom. The summed E-state index contributed by atoms with van der Waals surface area (Å²) in [6, 6.07) is 5.27. The molecule has 1 heterocycles. The zero-order chi connectivity index (χ0) is 13.1. The van der Waals surface area contributed by atoms with E-state index in [1.54, 1.807) is 25.6 Å². The van der Waals surface area contributed by atoms with Crippen LogP contribution in [0, 0.1) is 6.92 Å². The third kappa shape index (κ3) is 2.32. The van der Waals surface area contributed by atoms with Crippen LogP contribution in [0.5, 0.6) is 11.5 Å². The highest BCUT2D eigenvalue weighted by Crippen LogP contribution is 2.36. The number of thiazole rings is 1. The van der Waals surface area contributed by atoms with Crippen LogP contribution in [0.2, 0.25) is 0 Å². The van der Waals surface area contributed by atoms with E-state index in [1.165, 1.54) is 0 Å². The molecular weight excluding hydrogens is 248 g/mol. The van der Waals surface area contributed by atoms with Crippen molar-refractivity contribution in [1.82, 2.24) is 4.98 Å². The third-order valence-corrected chi connectivity index (χ3v) is 3.52. The molecule has 0 saturated carbocycles. The van der Waals surface area contributed by atoms with Gasteiger partial charge in [-0.05, 0) is 19.1 Å². The summed E-state index contributed by atoms with van der Waals surface area (Å²) in [5.41, 5.74) is 7.93. The molecule has 0 spiro atoms. The fourth-order valence-electron chi connectivity index (χ4n) is 1.86. The molecule has 0 aliphatic heterocycles. The minimum absolute atomic E-state index is 0.346. The van der Waals surface area contributed by atoms with E-state index in [0.29, 0.717) is 11.5 Å². The van der Waals surface area contributed by atoms with E-state index in [-0.39, 0.29) is 6.04 Å². The molecule has 0 amide bonds. The van der Waals surface area contributed by atoms with Crippen LogP contribution in [0.3, 0.4) is 0 Å². The average molecular weight is 264 g/mol. The van der Waals surface area contributed by atoms with Crippen LogP contribution in [0.15, 0.2) is 23.6 Å². The number of nitrogens with two attached hydrogens (primary N) is 1. The van der Waals surface area contributed by atoms with Crippen molar-refractivity contribution < 1.29 is 9.47 Å². The lowest BCUT2D eigenvalue weighted by atomic mass is 10.0. The van der Waals surface area contributed by atoms with Gasteiger partial charge in [-0.15, -0.1) is 11.3 Å². The number of hydrogen-bond donors (Lipinski definition) is 1. The molecule has 0 aliphatic carbocycles. The molecule has 1 aromatic heterocycles. The number of nitrogens with zero attached hydrogens (tertiary/aromatic N) is 1. The molecule has 2 N–H and O–H groups in total. The average Bonchev–Trinajstić information content (AvgIpc) is 2.83. The number of benzene rings is 1. The van der Waals surface area contributed by atoms with Gasteiger partial charge in [-0.1, -0.05) is 6.07 Å². The molecule has 5 heteroatoms. The summed E-state index contributed by atoms with van der Waals surface area (Å²) in [5, 5.41) is 2.96. The van der Waals surface area contributed by atoms with Crippen LogP contribution in [-0.2, 0) is 0 Å². The van der Waals surface area contributed by atoms with Gasteiger partial charge in [-0.25, -0.2) is 4.98 Å². The van der Waals surface area contributed by atoms with Crippen LogP contribution in [-0.4, -0.2) is 19.2 Å². The van der Waals surface area contributed by atoms with Gasteiger partial charge in [0.05, 0.1) is 36.5 Å². The number of rotatable bonds is 4. The van der Waals surface area contributed by atoms with Gasteiger partial charge in [0.25, 0.3) is 0 Å². The SMILES string of the molecule is COc1cccc(OC)c1C(N)c1csc(C)n1. The van der Waals surface area contributed by atoms with Gasteiger partial charge < -0.3 is 15.2 Å². The Bertz CT molecular complexity index is 517. The van der Waals surface area contributed by atoms with Gasteiger partial charge >= 0.3 is 0 Å². The molecule has 0 radical (unpaired) electrons. The molecule has 1 atom stereocenters. The summed E-state index contributed by atoms with van der Waals surface area (Å²) in [6.07, 6.45) is 0. The summed E-state index contributed by atoms with van der Waals surface area (Å²) in [6.45, 7) is 1.96. The van der Waals surface area contributed by atoms with Crippen molar-refractivity contribution in [3.8, 4) is 11.5 Å². The highest BCUT2D eigenvalue weighted by Gasteiger charge is 2.20. The first-order valence-corrected chi connectivity index (χ1v) is 6.43. The number of hydrogen-bond acceptors (Lipinski definition) is 5. The van der Waals surface area contributed by atoms with Crippen LogP contribution in [0.4, 0.5) is 0 Å². The predicted molar refractivity (Wildman–Crippen MR) is 72.4 cm³/mol. The molecular formula is C13H16N2O2S. The largest absolute Gasteiger partial charge is 0.496 e. The molecule has 1 aromatic carbocycles. The minimum atomic E-state index is -0.346. The normalized spacial score (nSPS) is 12.2. The second-order valence-electron chi connectivity index (χ2n) is 3.85. The summed E-state index contributed by atoms with van der Waals surface area (Å²) in [4.78, 5) is 4.42. The smallest absolute Gasteiger partial charge is 0.127 e. The molecule has 0 bridgehead atoms. The van der Waals surface area contributed by atoms with E-state index < -0.39 is 0 Å². The van der Waals surface area contributed by atoms with Gasteiger partial charge in [-0.2, -0.15) is 0 Å². The summed E-state index contributed by atoms with van der Waals surface area (Å²) < 4.78 is 10.7. The van der Waals surface area contributed by atoms with Crippen molar-refractivity contribution in [1.29, 1.82) is 0 Å². The molecule has 2 aromatic rings. The first-order valence-electron chi connectivity index (χ1n) is 5.56. The third-order valence-electron chi connectivity index (χ3n) is 2.73. The van der Waals surface area contributed by atoms with Crippen LogP contribution >= 0.6 is 11.3 Å². The molecule has 0 fully saturated rings. The fraction of sp³-hybridized carbons (Fsp3) is 0.308. The fourth-order valence-corrected chi connectivity index (χ4v) is 2.51. The zero-order valence-electron chi connectivity index (χ0n) is 10.6. The van der Waals surface area contributed by atoms with Crippen molar-refractivity contribution in [3.63, 3.8) is 0 Å². The predicted octanol–water partition coefficient (Wildman–Crippen LogP) is 2.52. The summed E-state index contributed by atoms with van der Waals surface area (Å²) >= 11 is 1.58. The maximum atomic E-state index is 6.27. The van der Waals surface area contributed by atoms with E-state index in [2.05, 4.69) is 4.98 Å². The number of ether oxygens (including phenoxy) is 2. The van der Waals surface area contributed by atoms with E-state index in [0.717, 1.165) is 16.3 Å². The van der Waals surface area contributed by atoms with Crippen molar-refractivity contribution in [3.05, 3.63) is 39.8 Å². The van der Waals surface area contributed by atoms with E-state index in [1.807, 2.05) is 30.5 Å². The number of aryl methyl sites for hydroxylation is 1. The molecule has 18 heavy (non-hydrogen) atoms. The van der Waals surface area contributed by atoms with Crippen molar-refractivity contribution in [2.75, 3.05) is 14.2 Å². The maximum Gasteiger partial charge on any atom is 0.127 e. The number of aromatic nitrogens is 1. The Kier molecular flexibility index (Phi) is 3.84. The van der Waals surface area contributed by atoms with Gasteiger partial charge in [-0.3, -0.25) is 0 Å². The molecule has 96 valence electrons. The minimum Gasteiger partial charge on any atom is -0.496 e. The monoisotopic (exact) mass is 264 g/mol. The van der Waals surface area contributed by atoms with Crippen molar-refractivity contribution in [2.24, 2.45) is 5.73 Å². The van der Waals surface area contributed by atoms with Crippen LogP contribution in [0.25, 0.3) is 0 Å². The second-order valence-corrected chi connectivity index (χ2v) is 4.91. The van der Waals surface area contributed by atoms with Crippen LogP contribution in [0.1, 0.15) is 22.3 Å². The molecule has 4 nitrogen and oxygen atoms in total. The topological polar surface area (TPSA) is 57.4 Å². The Morgan fingerprint density at radius 2 is 1.83 bits per heavy atom. The lowest BCUT2D eigenvalue weighted by Crippen LogP contribution is -2.14. The van der Waals surface area contributed by atoms with E-state index in [9.17, 15) is 0 Å². The lowest BCUT2D eigenvalue weighted by molar-refractivity contribution is 0.382. The second kappa shape index (κ2) is 5.37. The van der Waals surface area contributed by atoms with Gasteiger partial charge in [0, 0.05) is 5.38 Å². The molecule has 1 unspecified atom stereocenters. The zero-order valence-corrected chi connectivity index (χ0v) is 11.5.